The Morgan fingerprint density at radius 1 is 1.15 bits per heavy atom. The van der Waals surface area contributed by atoms with Gasteiger partial charge in [0, 0.05) is 17.8 Å². The Balaban J connectivity index is 1.48. The van der Waals surface area contributed by atoms with Crippen LogP contribution in [0.5, 0.6) is 5.75 Å². The number of hydrogen-bond acceptors (Lipinski definition) is 6. The molecule has 7 nitrogen and oxygen atoms in total. The van der Waals surface area contributed by atoms with Gasteiger partial charge in [-0.15, -0.1) is 0 Å². The zero-order valence-corrected chi connectivity index (χ0v) is 14.0. The SMILES string of the molecule is COc1ccc(NC(=O)COC(=O)/C=C/c2nc3ccccc3o2)cc1. The standard InChI is InChI=1S/C19H16N2O5/c1-24-14-8-6-13(7-9-14)20-17(22)12-25-19(23)11-10-18-21-15-4-2-3-5-16(15)26-18/h2-11H,12H2,1H3,(H,20,22)/b11-10+. The van der Waals surface area contributed by atoms with E-state index in [0.29, 0.717) is 22.5 Å². The van der Waals surface area contributed by atoms with Crippen LogP contribution in [0.2, 0.25) is 0 Å². The number of aromatic nitrogens is 1. The van der Waals surface area contributed by atoms with Gasteiger partial charge in [0.1, 0.15) is 11.3 Å². The number of nitrogens with zero attached hydrogens (tertiary/aromatic N) is 1. The maximum Gasteiger partial charge on any atom is 0.331 e. The van der Waals surface area contributed by atoms with Crippen LogP contribution < -0.4 is 10.1 Å². The summed E-state index contributed by atoms with van der Waals surface area (Å²) in [6, 6.07) is 14.1. The van der Waals surface area contributed by atoms with Crippen molar-refractivity contribution in [2.75, 3.05) is 19.0 Å². The highest BCUT2D eigenvalue weighted by molar-refractivity contribution is 5.94. The number of para-hydroxylation sites is 2. The first-order chi connectivity index (χ1) is 12.6. The number of benzene rings is 2. The molecule has 26 heavy (non-hydrogen) atoms. The lowest BCUT2D eigenvalue weighted by Crippen LogP contribution is -2.20. The third-order valence-electron chi connectivity index (χ3n) is 3.39. The molecular weight excluding hydrogens is 336 g/mol. The van der Waals surface area contributed by atoms with Crippen LogP contribution in [0.1, 0.15) is 5.89 Å². The molecule has 0 radical (unpaired) electrons. The first-order valence-corrected chi connectivity index (χ1v) is 7.78. The largest absolute Gasteiger partial charge is 0.497 e. The Labute approximate surface area is 149 Å². The molecule has 0 saturated heterocycles. The monoisotopic (exact) mass is 352 g/mol. The average Bonchev–Trinajstić information content (AvgIpc) is 3.08. The first-order valence-electron chi connectivity index (χ1n) is 7.78. The minimum Gasteiger partial charge on any atom is -0.497 e. The van der Waals surface area contributed by atoms with E-state index < -0.39 is 18.5 Å². The number of methoxy groups -OCH3 is 1. The highest BCUT2D eigenvalue weighted by atomic mass is 16.5. The van der Waals surface area contributed by atoms with Gasteiger partial charge in [-0.2, -0.15) is 0 Å². The number of anilines is 1. The van der Waals surface area contributed by atoms with E-state index in [4.69, 9.17) is 13.9 Å². The number of esters is 1. The highest BCUT2D eigenvalue weighted by Gasteiger charge is 2.07. The third kappa shape index (κ3) is 4.47. The zero-order valence-electron chi connectivity index (χ0n) is 14.0. The zero-order chi connectivity index (χ0) is 18.4. The summed E-state index contributed by atoms with van der Waals surface area (Å²) >= 11 is 0. The number of carbonyl (C=O) groups excluding carboxylic acids is 2. The van der Waals surface area contributed by atoms with Gasteiger partial charge >= 0.3 is 5.97 Å². The lowest BCUT2D eigenvalue weighted by molar-refractivity contribution is -0.142. The molecule has 1 amide bonds. The predicted molar refractivity (Wildman–Crippen MR) is 95.6 cm³/mol. The van der Waals surface area contributed by atoms with Gasteiger partial charge in [-0.05, 0) is 36.4 Å². The number of hydrogen-bond donors (Lipinski definition) is 1. The molecule has 0 spiro atoms. The second-order valence-corrected chi connectivity index (χ2v) is 5.24. The molecule has 0 aliphatic heterocycles. The molecule has 0 aliphatic rings. The Bertz CT molecular complexity index is 911. The molecule has 1 N–H and O–H groups in total. The minimum absolute atomic E-state index is 0.283. The molecule has 0 fully saturated rings. The second-order valence-electron chi connectivity index (χ2n) is 5.24. The van der Waals surface area contributed by atoms with Crippen LogP contribution >= 0.6 is 0 Å². The number of rotatable bonds is 6. The van der Waals surface area contributed by atoms with E-state index in [9.17, 15) is 9.59 Å². The lowest BCUT2D eigenvalue weighted by Gasteiger charge is -2.06. The van der Waals surface area contributed by atoms with Gasteiger partial charge in [-0.3, -0.25) is 4.79 Å². The summed E-state index contributed by atoms with van der Waals surface area (Å²) in [5.74, 6) is -0.152. The molecule has 0 atom stereocenters. The van der Waals surface area contributed by atoms with Crippen molar-refractivity contribution in [3.63, 3.8) is 0 Å². The fourth-order valence-electron chi connectivity index (χ4n) is 2.16. The summed E-state index contributed by atoms with van der Waals surface area (Å²) in [5.41, 5.74) is 1.90. The summed E-state index contributed by atoms with van der Waals surface area (Å²) in [6.45, 7) is -0.400. The van der Waals surface area contributed by atoms with E-state index in [-0.39, 0.29) is 5.89 Å². The Hall–Kier alpha value is -3.61. The van der Waals surface area contributed by atoms with Crippen molar-refractivity contribution in [2.45, 2.75) is 0 Å². The van der Waals surface area contributed by atoms with E-state index in [0.717, 1.165) is 6.08 Å². The predicted octanol–water partition coefficient (Wildman–Crippen LogP) is 3.03. The smallest absolute Gasteiger partial charge is 0.331 e. The van der Waals surface area contributed by atoms with Crippen molar-refractivity contribution in [1.29, 1.82) is 0 Å². The summed E-state index contributed by atoms with van der Waals surface area (Å²) in [4.78, 5) is 27.7. The Morgan fingerprint density at radius 2 is 1.92 bits per heavy atom. The van der Waals surface area contributed by atoms with Crippen molar-refractivity contribution in [1.82, 2.24) is 4.98 Å². The van der Waals surface area contributed by atoms with Gasteiger partial charge in [0.15, 0.2) is 12.2 Å². The van der Waals surface area contributed by atoms with E-state index >= 15 is 0 Å². The van der Waals surface area contributed by atoms with Crippen molar-refractivity contribution < 1.29 is 23.5 Å². The van der Waals surface area contributed by atoms with Crippen molar-refractivity contribution >= 4 is 34.7 Å². The molecule has 0 unspecified atom stereocenters. The first kappa shape index (κ1) is 17.2. The Kier molecular flexibility index (Phi) is 5.28. The van der Waals surface area contributed by atoms with Gasteiger partial charge < -0.3 is 19.2 Å². The molecular formula is C19H16N2O5. The van der Waals surface area contributed by atoms with Crippen LogP contribution in [0.4, 0.5) is 5.69 Å². The van der Waals surface area contributed by atoms with E-state index in [1.165, 1.54) is 6.08 Å². The highest BCUT2D eigenvalue weighted by Crippen LogP contribution is 2.16. The summed E-state index contributed by atoms with van der Waals surface area (Å²) < 4.78 is 15.4. The fraction of sp³-hybridized carbons (Fsp3) is 0.105. The normalized spacial score (nSPS) is 10.8. The second kappa shape index (κ2) is 7.98. The molecule has 0 aliphatic carbocycles. The molecule has 0 bridgehead atoms. The van der Waals surface area contributed by atoms with Crippen molar-refractivity contribution in [2.24, 2.45) is 0 Å². The van der Waals surface area contributed by atoms with Crippen LogP contribution in [-0.4, -0.2) is 30.6 Å². The number of oxazole rings is 1. The van der Waals surface area contributed by atoms with Crippen LogP contribution in [0, 0.1) is 0 Å². The van der Waals surface area contributed by atoms with E-state index in [2.05, 4.69) is 10.3 Å². The summed E-state index contributed by atoms with van der Waals surface area (Å²) in [5, 5.41) is 2.61. The number of nitrogens with one attached hydrogen (secondary N) is 1. The van der Waals surface area contributed by atoms with Gasteiger partial charge in [0.05, 0.1) is 7.11 Å². The topological polar surface area (TPSA) is 90.7 Å². The van der Waals surface area contributed by atoms with Crippen LogP contribution in [-0.2, 0) is 14.3 Å². The van der Waals surface area contributed by atoms with Gasteiger partial charge in [0.2, 0.25) is 5.89 Å². The van der Waals surface area contributed by atoms with Gasteiger partial charge in [-0.25, -0.2) is 9.78 Å². The van der Waals surface area contributed by atoms with Crippen molar-refractivity contribution in [3.05, 3.63) is 60.5 Å². The molecule has 132 valence electrons. The van der Waals surface area contributed by atoms with Crippen LogP contribution in [0.3, 0.4) is 0 Å². The third-order valence-corrected chi connectivity index (χ3v) is 3.39. The van der Waals surface area contributed by atoms with E-state index in [1.54, 1.807) is 43.5 Å². The van der Waals surface area contributed by atoms with Crippen LogP contribution in [0.15, 0.2) is 59.0 Å². The number of fused-ring (bicyclic) bond motifs is 1. The quantitative estimate of drug-likeness (QED) is 0.542. The minimum atomic E-state index is -0.669. The number of amides is 1. The molecule has 1 aromatic heterocycles. The number of carbonyl (C=O) groups is 2. The van der Waals surface area contributed by atoms with Gasteiger partial charge in [-0.1, -0.05) is 12.1 Å². The maximum absolute atomic E-state index is 11.8. The Morgan fingerprint density at radius 3 is 2.65 bits per heavy atom. The number of ether oxygens (including phenoxy) is 2. The molecule has 3 aromatic rings. The maximum atomic E-state index is 11.8. The molecule has 7 heteroatoms. The lowest BCUT2D eigenvalue weighted by atomic mass is 10.3. The molecule has 2 aromatic carbocycles. The molecule has 0 saturated carbocycles. The van der Waals surface area contributed by atoms with Gasteiger partial charge in [0.25, 0.3) is 5.91 Å². The summed E-state index contributed by atoms with van der Waals surface area (Å²) in [6.07, 6.45) is 2.55. The summed E-state index contributed by atoms with van der Waals surface area (Å²) in [7, 11) is 1.56. The molecule has 1 heterocycles. The average molecular weight is 352 g/mol. The van der Waals surface area contributed by atoms with Crippen LogP contribution in [0.25, 0.3) is 17.2 Å². The van der Waals surface area contributed by atoms with Crippen molar-refractivity contribution in [3.8, 4) is 5.75 Å². The fourth-order valence-corrected chi connectivity index (χ4v) is 2.16. The van der Waals surface area contributed by atoms with E-state index in [1.807, 2.05) is 12.1 Å². The molecule has 3 rings (SSSR count).